The number of carbonyl (C=O) groups excluding carboxylic acids is 2. The van der Waals surface area contributed by atoms with Gasteiger partial charge in [-0.05, 0) is 57.2 Å². The number of amides is 1. The van der Waals surface area contributed by atoms with Gasteiger partial charge in [-0.25, -0.2) is 9.78 Å². The van der Waals surface area contributed by atoms with Gasteiger partial charge in [-0.3, -0.25) is 4.79 Å². The molecule has 5 rings (SSSR count). The number of fused-ring (bicyclic) bond motifs is 3. The van der Waals surface area contributed by atoms with Crippen LogP contribution in [0.4, 0.5) is 5.69 Å². The smallest absolute Gasteiger partial charge is 0.340 e. The normalized spacial score (nSPS) is 16.8. The van der Waals surface area contributed by atoms with Gasteiger partial charge in [0.1, 0.15) is 15.4 Å². The molecule has 2 aliphatic rings. The van der Waals surface area contributed by atoms with Crippen molar-refractivity contribution in [2.24, 2.45) is 0 Å². The summed E-state index contributed by atoms with van der Waals surface area (Å²) >= 11 is 7.47. The van der Waals surface area contributed by atoms with Gasteiger partial charge in [0.05, 0.1) is 23.6 Å². The number of nitrogens with zero attached hydrogens (tertiary/aromatic N) is 1. The van der Waals surface area contributed by atoms with E-state index in [0.29, 0.717) is 21.2 Å². The van der Waals surface area contributed by atoms with Crippen molar-refractivity contribution < 1.29 is 14.3 Å². The summed E-state index contributed by atoms with van der Waals surface area (Å²) in [6.45, 7) is 3.85. The molecule has 0 saturated heterocycles. The number of thiophene rings is 1. The van der Waals surface area contributed by atoms with Crippen molar-refractivity contribution in [1.29, 1.82) is 0 Å². The van der Waals surface area contributed by atoms with Crippen molar-refractivity contribution >= 4 is 50.7 Å². The molecule has 160 valence electrons. The first kappa shape index (κ1) is 20.3. The van der Waals surface area contributed by atoms with Gasteiger partial charge in [0.15, 0.2) is 0 Å². The highest BCUT2D eigenvalue weighted by Gasteiger charge is 2.42. The van der Waals surface area contributed by atoms with Crippen molar-refractivity contribution in [3.05, 3.63) is 45.4 Å². The van der Waals surface area contributed by atoms with Crippen LogP contribution in [0.1, 0.15) is 58.3 Å². The minimum Gasteiger partial charge on any atom is -0.462 e. The molecule has 0 bridgehead atoms. The number of rotatable bonds is 3. The van der Waals surface area contributed by atoms with E-state index in [0.717, 1.165) is 52.7 Å². The molecule has 1 saturated carbocycles. The third kappa shape index (κ3) is 3.27. The lowest BCUT2D eigenvalue weighted by atomic mass is 9.94. The molecule has 0 atom stereocenters. The fourth-order valence-electron chi connectivity index (χ4n) is 4.65. The van der Waals surface area contributed by atoms with Crippen LogP contribution in [0.5, 0.6) is 0 Å². The summed E-state index contributed by atoms with van der Waals surface area (Å²) in [5.74, 6) is -0.508. The zero-order valence-corrected chi connectivity index (χ0v) is 18.9. The Kier molecular flexibility index (Phi) is 4.90. The molecular formula is C23H22ClN3O3S. The van der Waals surface area contributed by atoms with Crippen LogP contribution in [0, 0.1) is 6.92 Å². The topological polar surface area (TPSA) is 80.3 Å². The van der Waals surface area contributed by atoms with E-state index in [1.54, 1.807) is 26.0 Å². The van der Waals surface area contributed by atoms with Gasteiger partial charge in [-0.2, -0.15) is 0 Å². The third-order valence-electron chi connectivity index (χ3n) is 6.01. The van der Waals surface area contributed by atoms with Crippen LogP contribution < -0.4 is 10.6 Å². The highest BCUT2D eigenvalue weighted by molar-refractivity contribution is 7.21. The molecule has 3 heterocycles. The Balaban J connectivity index is 1.83. The first-order chi connectivity index (χ1) is 14.9. The predicted molar refractivity (Wildman–Crippen MR) is 123 cm³/mol. The molecular weight excluding hydrogens is 434 g/mol. The van der Waals surface area contributed by atoms with Gasteiger partial charge >= 0.3 is 5.97 Å². The summed E-state index contributed by atoms with van der Waals surface area (Å²) in [4.78, 5) is 32.0. The Bertz CT molecular complexity index is 1210. The lowest BCUT2D eigenvalue weighted by molar-refractivity contribution is 0.0526. The van der Waals surface area contributed by atoms with Crippen LogP contribution in [0.2, 0.25) is 5.02 Å². The van der Waals surface area contributed by atoms with Gasteiger partial charge < -0.3 is 15.4 Å². The van der Waals surface area contributed by atoms with Gasteiger partial charge in [0.25, 0.3) is 5.91 Å². The zero-order chi connectivity index (χ0) is 21.8. The lowest BCUT2D eigenvalue weighted by Gasteiger charge is -2.36. The Labute approximate surface area is 189 Å². The number of halogens is 1. The Hall–Kier alpha value is -2.64. The van der Waals surface area contributed by atoms with E-state index in [1.807, 2.05) is 12.1 Å². The van der Waals surface area contributed by atoms with Crippen molar-refractivity contribution in [3.8, 4) is 11.1 Å². The standard InChI is InChI=1S/C23H22ClN3O3S/c1-3-30-22(29)15-12(2)25-21-17(16(15)13-6-8-14(24)9-7-13)18-19(31-21)20(28)27-23(26-18)10-4-5-11-23/h6-9,26H,3-5,10-11H2,1-2H3,(H,27,28). The van der Waals surface area contributed by atoms with E-state index in [2.05, 4.69) is 10.6 Å². The minimum absolute atomic E-state index is 0.0870. The molecule has 1 aromatic carbocycles. The molecule has 1 amide bonds. The Morgan fingerprint density at radius 1 is 1.23 bits per heavy atom. The number of pyridine rings is 1. The second-order valence-electron chi connectivity index (χ2n) is 8.03. The number of hydrogen-bond acceptors (Lipinski definition) is 6. The number of hydrogen-bond donors (Lipinski definition) is 2. The molecule has 0 radical (unpaired) electrons. The zero-order valence-electron chi connectivity index (χ0n) is 17.3. The number of esters is 1. The number of benzene rings is 1. The number of carbonyl (C=O) groups is 2. The molecule has 1 fully saturated rings. The average molecular weight is 456 g/mol. The number of aromatic nitrogens is 1. The molecule has 1 aliphatic carbocycles. The van der Waals surface area contributed by atoms with Gasteiger partial charge in [0, 0.05) is 16.0 Å². The van der Waals surface area contributed by atoms with Crippen LogP contribution >= 0.6 is 22.9 Å². The largest absolute Gasteiger partial charge is 0.462 e. The number of ether oxygens (including phenoxy) is 1. The summed E-state index contributed by atoms with van der Waals surface area (Å²) in [7, 11) is 0. The maximum Gasteiger partial charge on any atom is 0.340 e. The third-order valence-corrected chi connectivity index (χ3v) is 7.35. The van der Waals surface area contributed by atoms with E-state index in [9.17, 15) is 9.59 Å². The summed E-state index contributed by atoms with van der Waals surface area (Å²) < 4.78 is 5.38. The molecule has 2 aromatic heterocycles. The Morgan fingerprint density at radius 2 is 1.94 bits per heavy atom. The number of anilines is 1. The average Bonchev–Trinajstić information content (AvgIpc) is 3.32. The van der Waals surface area contributed by atoms with Crippen LogP contribution in [0.25, 0.3) is 21.3 Å². The van der Waals surface area contributed by atoms with Crippen molar-refractivity contribution in [1.82, 2.24) is 10.3 Å². The first-order valence-electron chi connectivity index (χ1n) is 10.4. The van der Waals surface area contributed by atoms with Gasteiger partial charge in [-0.15, -0.1) is 11.3 Å². The molecule has 1 aliphatic heterocycles. The quantitative estimate of drug-likeness (QED) is 0.508. The van der Waals surface area contributed by atoms with Gasteiger partial charge in [-0.1, -0.05) is 23.7 Å². The van der Waals surface area contributed by atoms with E-state index >= 15 is 0 Å². The SMILES string of the molecule is CCOC(=O)c1c(C)nc2sc3c(c2c1-c1ccc(Cl)cc1)NC1(CCCC1)NC3=O. The van der Waals surface area contributed by atoms with Gasteiger partial charge in [0.2, 0.25) is 0 Å². The van der Waals surface area contributed by atoms with Crippen LogP contribution in [0.3, 0.4) is 0 Å². The monoisotopic (exact) mass is 455 g/mol. The number of nitrogens with one attached hydrogen (secondary N) is 2. The minimum atomic E-state index is -0.440. The molecule has 1 spiro atoms. The maximum absolute atomic E-state index is 13.0. The summed E-state index contributed by atoms with van der Waals surface area (Å²) in [6, 6.07) is 7.37. The maximum atomic E-state index is 13.0. The lowest BCUT2D eigenvalue weighted by Crippen LogP contribution is -2.55. The number of aryl methyl sites for hydroxylation is 1. The Morgan fingerprint density at radius 3 is 2.61 bits per heavy atom. The van der Waals surface area contributed by atoms with E-state index in [4.69, 9.17) is 21.3 Å². The molecule has 2 N–H and O–H groups in total. The summed E-state index contributed by atoms with van der Waals surface area (Å²) in [6.07, 6.45) is 3.85. The highest BCUT2D eigenvalue weighted by Crippen LogP contribution is 2.47. The van der Waals surface area contributed by atoms with E-state index < -0.39 is 11.6 Å². The second kappa shape index (κ2) is 7.50. The van der Waals surface area contributed by atoms with Crippen LogP contribution in [-0.4, -0.2) is 29.1 Å². The van der Waals surface area contributed by atoms with Crippen LogP contribution in [0.15, 0.2) is 24.3 Å². The summed E-state index contributed by atoms with van der Waals surface area (Å²) in [5, 5.41) is 8.20. The molecule has 31 heavy (non-hydrogen) atoms. The van der Waals surface area contributed by atoms with Crippen LogP contribution in [-0.2, 0) is 4.74 Å². The van der Waals surface area contributed by atoms with Crippen molar-refractivity contribution in [2.75, 3.05) is 11.9 Å². The first-order valence-corrected chi connectivity index (χ1v) is 11.6. The second-order valence-corrected chi connectivity index (χ2v) is 9.46. The van der Waals surface area contributed by atoms with Crippen molar-refractivity contribution in [2.45, 2.75) is 45.2 Å². The molecule has 3 aromatic rings. The fourth-order valence-corrected chi connectivity index (χ4v) is 5.86. The molecule has 6 nitrogen and oxygen atoms in total. The molecule has 8 heteroatoms. The predicted octanol–water partition coefficient (Wildman–Crippen LogP) is 5.53. The van der Waals surface area contributed by atoms with Crippen molar-refractivity contribution in [3.63, 3.8) is 0 Å². The van der Waals surface area contributed by atoms with E-state index in [1.165, 1.54) is 11.3 Å². The fraction of sp³-hybridized carbons (Fsp3) is 0.348. The van der Waals surface area contributed by atoms with E-state index in [-0.39, 0.29) is 12.5 Å². The molecule has 0 unspecified atom stereocenters. The summed E-state index contributed by atoms with van der Waals surface area (Å²) in [5.41, 5.74) is 2.87. The highest BCUT2D eigenvalue weighted by atomic mass is 35.5.